The van der Waals surface area contributed by atoms with Gasteiger partial charge in [-0.05, 0) is 48.4 Å². The molecule has 2 aromatic rings. The second-order valence-corrected chi connectivity index (χ2v) is 8.68. The molecule has 1 aliphatic rings. The van der Waals surface area contributed by atoms with E-state index in [-0.39, 0.29) is 17.1 Å². The number of thioether (sulfide) groups is 1. The number of benzene rings is 1. The fourth-order valence-electron chi connectivity index (χ4n) is 3.11. The molecule has 1 aliphatic heterocycles. The molecule has 7 heteroatoms. The fraction of sp³-hybridized carbons (Fsp3) is 0.333. The second kappa shape index (κ2) is 7.59. The standard InChI is InChI=1S/C18H20N2O3S2/c19-17(22)13-5-3-12(4-6-13)14-7-8-15(25-14)18(11-16(21)20-23)9-1-2-10-24-18/h3-8,23H,1-2,9-11H2,(H2,19,22)(H,20,21)/t18-/m0/s1. The average molecular weight is 377 g/mol. The van der Waals surface area contributed by atoms with Crippen LogP contribution in [-0.4, -0.2) is 22.8 Å². The topological polar surface area (TPSA) is 92.4 Å². The summed E-state index contributed by atoms with van der Waals surface area (Å²) in [6.07, 6.45) is 3.42. The molecule has 1 fully saturated rings. The molecule has 1 aromatic carbocycles. The van der Waals surface area contributed by atoms with Crippen LogP contribution in [0.3, 0.4) is 0 Å². The maximum absolute atomic E-state index is 11.8. The molecule has 132 valence electrons. The van der Waals surface area contributed by atoms with E-state index in [9.17, 15) is 9.59 Å². The zero-order valence-electron chi connectivity index (χ0n) is 13.7. The highest BCUT2D eigenvalue weighted by Gasteiger charge is 2.38. The zero-order chi connectivity index (χ0) is 17.9. The third-order valence-electron chi connectivity index (χ3n) is 4.43. The first-order valence-corrected chi connectivity index (χ1v) is 9.92. The van der Waals surface area contributed by atoms with E-state index in [0.717, 1.165) is 40.3 Å². The second-order valence-electron chi connectivity index (χ2n) is 6.12. The van der Waals surface area contributed by atoms with Crippen molar-refractivity contribution in [2.24, 2.45) is 5.73 Å². The van der Waals surface area contributed by atoms with Crippen molar-refractivity contribution in [2.45, 2.75) is 30.4 Å². The van der Waals surface area contributed by atoms with Gasteiger partial charge in [0, 0.05) is 21.7 Å². The van der Waals surface area contributed by atoms with Crippen LogP contribution in [0.5, 0.6) is 0 Å². The van der Waals surface area contributed by atoms with Crippen LogP contribution in [0.2, 0.25) is 0 Å². The van der Waals surface area contributed by atoms with Crippen LogP contribution in [0.15, 0.2) is 36.4 Å². The molecular formula is C18H20N2O3S2. The van der Waals surface area contributed by atoms with Crippen molar-refractivity contribution in [3.05, 3.63) is 46.8 Å². The summed E-state index contributed by atoms with van der Waals surface area (Å²) >= 11 is 3.46. The summed E-state index contributed by atoms with van der Waals surface area (Å²) in [5, 5.41) is 8.94. The molecule has 0 saturated carbocycles. The molecule has 1 saturated heterocycles. The fourth-order valence-corrected chi connectivity index (χ4v) is 6.01. The van der Waals surface area contributed by atoms with Gasteiger partial charge in [0.25, 0.3) is 0 Å². The van der Waals surface area contributed by atoms with Crippen molar-refractivity contribution >= 4 is 34.9 Å². The van der Waals surface area contributed by atoms with Gasteiger partial charge in [0.05, 0.1) is 4.75 Å². The number of hydrogen-bond acceptors (Lipinski definition) is 5. The van der Waals surface area contributed by atoms with Crippen LogP contribution in [0.4, 0.5) is 0 Å². The van der Waals surface area contributed by atoms with E-state index in [1.54, 1.807) is 40.7 Å². The molecule has 2 amide bonds. The molecular weight excluding hydrogens is 356 g/mol. The van der Waals surface area contributed by atoms with Crippen molar-refractivity contribution in [1.82, 2.24) is 5.48 Å². The number of primary amides is 1. The lowest BCUT2D eigenvalue weighted by molar-refractivity contribution is -0.129. The molecule has 3 rings (SSSR count). The number of carbonyl (C=O) groups is 2. The van der Waals surface area contributed by atoms with Crippen molar-refractivity contribution in [3.63, 3.8) is 0 Å². The molecule has 0 unspecified atom stereocenters. The highest BCUT2D eigenvalue weighted by atomic mass is 32.2. The Kier molecular flexibility index (Phi) is 5.46. The van der Waals surface area contributed by atoms with E-state index in [0.29, 0.717) is 5.56 Å². The lowest BCUT2D eigenvalue weighted by Gasteiger charge is -2.35. The van der Waals surface area contributed by atoms with Gasteiger partial charge >= 0.3 is 0 Å². The number of thiophene rings is 1. The lowest BCUT2D eigenvalue weighted by atomic mass is 9.94. The van der Waals surface area contributed by atoms with Crippen molar-refractivity contribution in [1.29, 1.82) is 0 Å². The van der Waals surface area contributed by atoms with Crippen LogP contribution in [0.1, 0.15) is 40.9 Å². The molecule has 5 nitrogen and oxygen atoms in total. The van der Waals surface area contributed by atoms with Gasteiger partial charge in [0.15, 0.2) is 0 Å². The minimum Gasteiger partial charge on any atom is -0.366 e. The van der Waals surface area contributed by atoms with Gasteiger partial charge in [-0.15, -0.1) is 23.1 Å². The summed E-state index contributed by atoms with van der Waals surface area (Å²) in [7, 11) is 0. The normalized spacial score (nSPS) is 20.2. The first-order valence-electron chi connectivity index (χ1n) is 8.11. The summed E-state index contributed by atoms with van der Waals surface area (Å²) in [4.78, 5) is 25.3. The van der Waals surface area contributed by atoms with Gasteiger partial charge in [-0.3, -0.25) is 14.8 Å². The molecule has 0 spiro atoms. The number of hydrogen-bond donors (Lipinski definition) is 3. The first kappa shape index (κ1) is 18.0. The molecule has 0 bridgehead atoms. The molecule has 0 radical (unpaired) electrons. The number of hydroxylamine groups is 1. The number of rotatable bonds is 5. The van der Waals surface area contributed by atoms with Gasteiger partial charge in [-0.25, -0.2) is 5.48 Å². The van der Waals surface area contributed by atoms with Gasteiger partial charge in [-0.1, -0.05) is 18.6 Å². The Balaban J connectivity index is 1.89. The summed E-state index contributed by atoms with van der Waals surface area (Å²) in [6.45, 7) is 0. The quantitative estimate of drug-likeness (QED) is 0.550. The van der Waals surface area contributed by atoms with E-state index in [1.807, 2.05) is 18.2 Å². The Labute approximate surface area is 154 Å². The van der Waals surface area contributed by atoms with E-state index in [1.165, 1.54) is 0 Å². The predicted molar refractivity (Wildman–Crippen MR) is 101 cm³/mol. The number of carbonyl (C=O) groups excluding carboxylic acids is 2. The lowest BCUT2D eigenvalue weighted by Crippen LogP contribution is -2.32. The molecule has 25 heavy (non-hydrogen) atoms. The number of nitrogens with one attached hydrogen (secondary N) is 1. The van der Waals surface area contributed by atoms with Gasteiger partial charge in [-0.2, -0.15) is 0 Å². The maximum Gasteiger partial charge on any atom is 0.248 e. The molecule has 1 aromatic heterocycles. The average Bonchev–Trinajstić information content (AvgIpc) is 3.13. The Morgan fingerprint density at radius 2 is 1.92 bits per heavy atom. The monoisotopic (exact) mass is 376 g/mol. The summed E-state index contributed by atoms with van der Waals surface area (Å²) in [5.74, 6) is 0.223. The number of amides is 2. The van der Waals surface area contributed by atoms with Crippen molar-refractivity contribution < 1.29 is 14.8 Å². The predicted octanol–water partition coefficient (Wildman–Crippen LogP) is 3.52. The van der Waals surface area contributed by atoms with E-state index < -0.39 is 5.91 Å². The van der Waals surface area contributed by atoms with Gasteiger partial charge in [0.2, 0.25) is 11.8 Å². The van der Waals surface area contributed by atoms with Crippen LogP contribution < -0.4 is 11.2 Å². The Bertz CT molecular complexity index is 765. The molecule has 2 heterocycles. The molecule has 1 atom stereocenters. The van der Waals surface area contributed by atoms with E-state index >= 15 is 0 Å². The molecule has 0 aliphatic carbocycles. The highest BCUT2D eigenvalue weighted by Crippen LogP contribution is 2.50. The van der Waals surface area contributed by atoms with Crippen LogP contribution in [-0.2, 0) is 9.54 Å². The third-order valence-corrected chi connectivity index (χ3v) is 7.51. The van der Waals surface area contributed by atoms with Crippen LogP contribution in [0.25, 0.3) is 10.4 Å². The third kappa shape index (κ3) is 3.89. The largest absolute Gasteiger partial charge is 0.366 e. The van der Waals surface area contributed by atoms with E-state index in [4.69, 9.17) is 10.9 Å². The minimum absolute atomic E-state index is 0.273. The summed E-state index contributed by atoms with van der Waals surface area (Å²) in [6, 6.07) is 11.3. The summed E-state index contributed by atoms with van der Waals surface area (Å²) < 4.78 is -0.277. The Morgan fingerprint density at radius 1 is 1.16 bits per heavy atom. The molecule has 4 N–H and O–H groups in total. The maximum atomic E-state index is 11.8. The Hall–Kier alpha value is -1.83. The van der Waals surface area contributed by atoms with Crippen LogP contribution in [0, 0.1) is 0 Å². The van der Waals surface area contributed by atoms with E-state index in [2.05, 4.69) is 6.07 Å². The minimum atomic E-state index is -0.439. The summed E-state index contributed by atoms with van der Waals surface area (Å²) in [5.41, 5.74) is 8.56. The highest BCUT2D eigenvalue weighted by molar-refractivity contribution is 8.00. The Morgan fingerprint density at radius 3 is 2.52 bits per heavy atom. The van der Waals surface area contributed by atoms with Gasteiger partial charge < -0.3 is 5.73 Å². The number of nitrogens with two attached hydrogens (primary N) is 1. The van der Waals surface area contributed by atoms with Gasteiger partial charge in [0.1, 0.15) is 0 Å². The zero-order valence-corrected chi connectivity index (χ0v) is 15.3. The smallest absolute Gasteiger partial charge is 0.248 e. The SMILES string of the molecule is NC(=O)c1ccc(-c2ccc([C@@]3(CC(=O)NO)CCCCS3)s2)cc1. The van der Waals surface area contributed by atoms with Crippen molar-refractivity contribution in [3.8, 4) is 10.4 Å². The van der Waals surface area contributed by atoms with Crippen LogP contribution >= 0.6 is 23.1 Å². The van der Waals surface area contributed by atoms with Crippen molar-refractivity contribution in [2.75, 3.05) is 5.75 Å². The first-order chi connectivity index (χ1) is 12.0.